The lowest BCUT2D eigenvalue weighted by Crippen LogP contribution is -2.61. The van der Waals surface area contributed by atoms with E-state index in [1.807, 2.05) is 25.7 Å². The SMILES string of the molecule is CC(CN1CCCC1=O)NC(=O)C(C)(C)N1CCNCC1. The van der Waals surface area contributed by atoms with E-state index in [0.717, 1.165) is 39.1 Å². The Hall–Kier alpha value is -1.14. The number of hydrogen-bond acceptors (Lipinski definition) is 4. The second kappa shape index (κ2) is 6.75. The Balaban J connectivity index is 1.85. The number of likely N-dealkylation sites (tertiary alicyclic amines) is 1. The number of rotatable bonds is 5. The van der Waals surface area contributed by atoms with Crippen molar-refractivity contribution in [1.82, 2.24) is 20.4 Å². The molecule has 2 amide bonds. The molecule has 2 aliphatic heterocycles. The minimum atomic E-state index is -0.509. The van der Waals surface area contributed by atoms with Gasteiger partial charge in [-0.05, 0) is 27.2 Å². The molecule has 0 aliphatic carbocycles. The topological polar surface area (TPSA) is 64.7 Å². The van der Waals surface area contributed by atoms with Gasteiger partial charge in [0.15, 0.2) is 0 Å². The van der Waals surface area contributed by atoms with Gasteiger partial charge in [-0.2, -0.15) is 0 Å². The van der Waals surface area contributed by atoms with Gasteiger partial charge in [0.2, 0.25) is 11.8 Å². The highest BCUT2D eigenvalue weighted by molar-refractivity contribution is 5.85. The Bertz CT molecular complexity index is 391. The molecular weight excluding hydrogens is 268 g/mol. The number of amides is 2. The van der Waals surface area contributed by atoms with Gasteiger partial charge in [0.1, 0.15) is 0 Å². The van der Waals surface area contributed by atoms with Gasteiger partial charge < -0.3 is 15.5 Å². The maximum atomic E-state index is 12.6. The minimum absolute atomic E-state index is 0.0123. The van der Waals surface area contributed by atoms with Crippen molar-refractivity contribution in [3.05, 3.63) is 0 Å². The van der Waals surface area contributed by atoms with Crippen LogP contribution in [0.5, 0.6) is 0 Å². The molecule has 0 aromatic carbocycles. The third-order valence-corrected chi connectivity index (χ3v) is 4.51. The van der Waals surface area contributed by atoms with Crippen LogP contribution in [0.1, 0.15) is 33.6 Å². The first-order valence-electron chi connectivity index (χ1n) is 7.96. The first kappa shape index (κ1) is 16.2. The molecule has 6 heteroatoms. The summed E-state index contributed by atoms with van der Waals surface area (Å²) in [5.74, 6) is 0.251. The lowest BCUT2D eigenvalue weighted by atomic mass is 10.00. The van der Waals surface area contributed by atoms with E-state index in [9.17, 15) is 9.59 Å². The quantitative estimate of drug-likeness (QED) is 0.737. The van der Waals surface area contributed by atoms with Crippen LogP contribution in [0.2, 0.25) is 0 Å². The van der Waals surface area contributed by atoms with Crippen molar-refractivity contribution in [2.24, 2.45) is 0 Å². The van der Waals surface area contributed by atoms with Crippen molar-refractivity contribution in [1.29, 1.82) is 0 Å². The fourth-order valence-corrected chi connectivity index (χ4v) is 3.04. The molecule has 2 N–H and O–H groups in total. The number of nitrogens with zero attached hydrogens (tertiary/aromatic N) is 2. The molecule has 2 rings (SSSR count). The molecule has 0 saturated carbocycles. The molecule has 2 aliphatic rings. The van der Waals surface area contributed by atoms with E-state index in [4.69, 9.17) is 0 Å². The second-order valence-electron chi connectivity index (χ2n) is 6.61. The summed E-state index contributed by atoms with van der Waals surface area (Å²) in [5.41, 5.74) is -0.509. The van der Waals surface area contributed by atoms with E-state index >= 15 is 0 Å². The monoisotopic (exact) mass is 296 g/mol. The smallest absolute Gasteiger partial charge is 0.240 e. The fraction of sp³-hybridized carbons (Fsp3) is 0.867. The van der Waals surface area contributed by atoms with Crippen LogP contribution in [-0.4, -0.2) is 72.5 Å². The zero-order valence-corrected chi connectivity index (χ0v) is 13.4. The van der Waals surface area contributed by atoms with Crippen LogP contribution in [0, 0.1) is 0 Å². The third kappa shape index (κ3) is 3.95. The number of carbonyl (C=O) groups is 2. The van der Waals surface area contributed by atoms with E-state index in [1.54, 1.807) is 0 Å². The Kier molecular flexibility index (Phi) is 5.22. The molecule has 1 atom stereocenters. The van der Waals surface area contributed by atoms with E-state index in [0.29, 0.717) is 13.0 Å². The summed E-state index contributed by atoms with van der Waals surface area (Å²) in [7, 11) is 0. The molecule has 120 valence electrons. The highest BCUT2D eigenvalue weighted by Gasteiger charge is 2.36. The van der Waals surface area contributed by atoms with Crippen LogP contribution in [-0.2, 0) is 9.59 Å². The standard InChI is InChI=1S/C15H28N4O2/c1-12(11-18-8-4-5-13(18)20)17-14(21)15(2,3)19-9-6-16-7-10-19/h12,16H,4-11H2,1-3H3,(H,17,21). The van der Waals surface area contributed by atoms with Gasteiger partial charge >= 0.3 is 0 Å². The Morgan fingerprint density at radius 1 is 1.33 bits per heavy atom. The van der Waals surface area contributed by atoms with Gasteiger partial charge in [0.05, 0.1) is 5.54 Å². The maximum absolute atomic E-state index is 12.6. The molecule has 0 aromatic rings. The molecule has 0 bridgehead atoms. The van der Waals surface area contributed by atoms with Gasteiger partial charge in [-0.3, -0.25) is 14.5 Å². The summed E-state index contributed by atoms with van der Waals surface area (Å²) < 4.78 is 0. The Morgan fingerprint density at radius 3 is 2.57 bits per heavy atom. The van der Waals surface area contributed by atoms with Crippen LogP contribution < -0.4 is 10.6 Å². The number of piperazine rings is 1. The average Bonchev–Trinajstić information content (AvgIpc) is 2.85. The van der Waals surface area contributed by atoms with Crippen molar-refractivity contribution >= 4 is 11.8 Å². The van der Waals surface area contributed by atoms with Crippen LogP contribution in [0.4, 0.5) is 0 Å². The Morgan fingerprint density at radius 2 is 2.00 bits per heavy atom. The van der Waals surface area contributed by atoms with Crippen molar-refractivity contribution in [2.75, 3.05) is 39.3 Å². The third-order valence-electron chi connectivity index (χ3n) is 4.51. The van der Waals surface area contributed by atoms with Crippen molar-refractivity contribution in [2.45, 2.75) is 45.2 Å². The lowest BCUT2D eigenvalue weighted by Gasteiger charge is -2.40. The van der Waals surface area contributed by atoms with E-state index in [2.05, 4.69) is 15.5 Å². The lowest BCUT2D eigenvalue weighted by molar-refractivity contribution is -0.134. The largest absolute Gasteiger partial charge is 0.350 e. The van der Waals surface area contributed by atoms with Gasteiger partial charge in [0.25, 0.3) is 0 Å². The minimum Gasteiger partial charge on any atom is -0.350 e. The zero-order valence-electron chi connectivity index (χ0n) is 13.4. The molecule has 6 nitrogen and oxygen atoms in total. The first-order valence-corrected chi connectivity index (χ1v) is 7.96. The summed E-state index contributed by atoms with van der Waals surface area (Å²) in [6.45, 7) is 11.0. The predicted octanol–water partition coefficient (Wildman–Crippen LogP) is -0.203. The van der Waals surface area contributed by atoms with Crippen LogP contribution in [0.3, 0.4) is 0 Å². The maximum Gasteiger partial charge on any atom is 0.240 e. The number of nitrogens with one attached hydrogen (secondary N) is 2. The van der Waals surface area contributed by atoms with E-state index in [1.165, 1.54) is 0 Å². The normalized spacial score (nSPS) is 22.4. The molecule has 2 saturated heterocycles. The predicted molar refractivity (Wildman–Crippen MR) is 81.9 cm³/mol. The summed E-state index contributed by atoms with van der Waals surface area (Å²) in [4.78, 5) is 28.3. The second-order valence-corrected chi connectivity index (χ2v) is 6.61. The summed E-state index contributed by atoms with van der Waals surface area (Å²) >= 11 is 0. The summed E-state index contributed by atoms with van der Waals surface area (Å²) in [5, 5.41) is 6.37. The number of carbonyl (C=O) groups excluding carboxylic acids is 2. The van der Waals surface area contributed by atoms with Gasteiger partial charge in [-0.15, -0.1) is 0 Å². The molecule has 21 heavy (non-hydrogen) atoms. The molecule has 2 heterocycles. The first-order chi connectivity index (χ1) is 9.91. The van der Waals surface area contributed by atoms with E-state index in [-0.39, 0.29) is 17.9 Å². The van der Waals surface area contributed by atoms with Crippen LogP contribution in [0.15, 0.2) is 0 Å². The zero-order chi connectivity index (χ0) is 15.5. The van der Waals surface area contributed by atoms with E-state index < -0.39 is 5.54 Å². The Labute approximate surface area is 127 Å². The molecule has 2 fully saturated rings. The van der Waals surface area contributed by atoms with Crippen LogP contribution >= 0.6 is 0 Å². The van der Waals surface area contributed by atoms with Crippen molar-refractivity contribution < 1.29 is 9.59 Å². The van der Waals surface area contributed by atoms with Crippen LogP contribution in [0.25, 0.3) is 0 Å². The molecule has 0 spiro atoms. The highest BCUT2D eigenvalue weighted by Crippen LogP contribution is 2.16. The van der Waals surface area contributed by atoms with Crippen molar-refractivity contribution in [3.63, 3.8) is 0 Å². The van der Waals surface area contributed by atoms with Gasteiger partial charge in [0, 0.05) is 51.7 Å². The molecule has 1 unspecified atom stereocenters. The highest BCUT2D eigenvalue weighted by atomic mass is 16.2. The average molecular weight is 296 g/mol. The molecular formula is C15H28N4O2. The van der Waals surface area contributed by atoms with Crippen molar-refractivity contribution in [3.8, 4) is 0 Å². The molecule has 0 radical (unpaired) electrons. The molecule has 0 aromatic heterocycles. The summed E-state index contributed by atoms with van der Waals surface area (Å²) in [6, 6.07) is -0.0123. The van der Waals surface area contributed by atoms with Gasteiger partial charge in [-0.1, -0.05) is 0 Å². The van der Waals surface area contributed by atoms with Gasteiger partial charge in [-0.25, -0.2) is 0 Å². The number of hydrogen-bond donors (Lipinski definition) is 2. The summed E-state index contributed by atoms with van der Waals surface area (Å²) in [6.07, 6.45) is 1.58. The fourth-order valence-electron chi connectivity index (χ4n) is 3.04.